The number of carbonyl (C=O) groups excluding carboxylic acids is 2. The van der Waals surface area contributed by atoms with Crippen molar-refractivity contribution < 1.29 is 19.1 Å². The number of amides is 1. The first-order chi connectivity index (χ1) is 9.06. The number of nitrogens with one attached hydrogen (secondary N) is 1. The van der Waals surface area contributed by atoms with Crippen molar-refractivity contribution in [1.82, 2.24) is 0 Å². The summed E-state index contributed by atoms with van der Waals surface area (Å²) in [6.45, 7) is 3.51. The number of carbonyl (C=O) groups is 2. The molecule has 0 aliphatic rings. The van der Waals surface area contributed by atoms with Gasteiger partial charge in [-0.05, 0) is 31.0 Å². The maximum atomic E-state index is 11.7. The lowest BCUT2D eigenvalue weighted by atomic mass is 10.2. The van der Waals surface area contributed by atoms with Gasteiger partial charge in [0.1, 0.15) is 5.75 Å². The second-order valence-corrected chi connectivity index (χ2v) is 4.16. The SMILES string of the molecule is CCCC(=O)OCC(=O)Nc1cc(C)ccc1OC. The first kappa shape index (κ1) is 15.0. The maximum absolute atomic E-state index is 11.7. The highest BCUT2D eigenvalue weighted by molar-refractivity contribution is 5.94. The molecule has 0 radical (unpaired) electrons. The summed E-state index contributed by atoms with van der Waals surface area (Å²) in [6, 6.07) is 5.45. The van der Waals surface area contributed by atoms with Crippen LogP contribution in [0.4, 0.5) is 5.69 Å². The average molecular weight is 265 g/mol. The van der Waals surface area contributed by atoms with Crippen LogP contribution < -0.4 is 10.1 Å². The van der Waals surface area contributed by atoms with Crippen molar-refractivity contribution in [3.8, 4) is 5.75 Å². The Morgan fingerprint density at radius 2 is 2.05 bits per heavy atom. The Kier molecular flexibility index (Phi) is 5.85. The van der Waals surface area contributed by atoms with Gasteiger partial charge in [0.15, 0.2) is 6.61 Å². The fourth-order valence-corrected chi connectivity index (χ4v) is 1.53. The topological polar surface area (TPSA) is 64.6 Å². The van der Waals surface area contributed by atoms with E-state index in [0.717, 1.165) is 5.56 Å². The Labute approximate surface area is 112 Å². The number of methoxy groups -OCH3 is 1. The van der Waals surface area contributed by atoms with Crippen LogP contribution in [0, 0.1) is 6.92 Å². The van der Waals surface area contributed by atoms with Crippen molar-refractivity contribution in [3.05, 3.63) is 23.8 Å². The summed E-state index contributed by atoms with van der Waals surface area (Å²) in [6.07, 6.45) is 1.02. The molecule has 0 unspecified atom stereocenters. The van der Waals surface area contributed by atoms with Crippen LogP contribution in [0.3, 0.4) is 0 Å². The number of rotatable bonds is 6. The molecule has 0 spiro atoms. The minimum absolute atomic E-state index is 0.282. The largest absolute Gasteiger partial charge is 0.495 e. The first-order valence-corrected chi connectivity index (χ1v) is 6.17. The van der Waals surface area contributed by atoms with Gasteiger partial charge < -0.3 is 14.8 Å². The number of anilines is 1. The Morgan fingerprint density at radius 3 is 2.68 bits per heavy atom. The lowest BCUT2D eigenvalue weighted by Gasteiger charge is -2.11. The Morgan fingerprint density at radius 1 is 1.32 bits per heavy atom. The van der Waals surface area contributed by atoms with Gasteiger partial charge in [0, 0.05) is 6.42 Å². The molecule has 0 aliphatic heterocycles. The Hall–Kier alpha value is -2.04. The molecule has 0 atom stereocenters. The van der Waals surface area contributed by atoms with Gasteiger partial charge in [0.25, 0.3) is 5.91 Å². The first-order valence-electron chi connectivity index (χ1n) is 6.17. The molecule has 0 aromatic heterocycles. The van der Waals surface area contributed by atoms with Gasteiger partial charge in [-0.15, -0.1) is 0 Å². The van der Waals surface area contributed by atoms with E-state index in [1.165, 1.54) is 7.11 Å². The molecule has 1 N–H and O–H groups in total. The summed E-state index contributed by atoms with van der Waals surface area (Å²) in [7, 11) is 1.53. The third-order valence-electron chi connectivity index (χ3n) is 2.45. The number of aryl methyl sites for hydroxylation is 1. The van der Waals surface area contributed by atoms with Crippen LogP contribution in [0.25, 0.3) is 0 Å². The molecule has 0 bridgehead atoms. The molecular weight excluding hydrogens is 246 g/mol. The predicted molar refractivity (Wildman–Crippen MR) is 72.2 cm³/mol. The molecule has 0 fully saturated rings. The fourth-order valence-electron chi connectivity index (χ4n) is 1.53. The molecule has 5 heteroatoms. The second kappa shape index (κ2) is 7.41. The van der Waals surface area contributed by atoms with E-state index in [1.807, 2.05) is 19.9 Å². The van der Waals surface area contributed by atoms with Crippen molar-refractivity contribution in [3.63, 3.8) is 0 Å². The van der Waals surface area contributed by atoms with Crippen LogP contribution >= 0.6 is 0 Å². The Balaban J connectivity index is 2.57. The molecule has 19 heavy (non-hydrogen) atoms. The molecule has 1 aromatic rings. The van der Waals surface area contributed by atoms with Crippen LogP contribution in [0.2, 0.25) is 0 Å². The van der Waals surface area contributed by atoms with E-state index < -0.39 is 0 Å². The standard InChI is InChI=1S/C14H19NO4/c1-4-5-14(17)19-9-13(16)15-11-8-10(2)6-7-12(11)18-3/h6-8H,4-5,9H2,1-3H3,(H,15,16). The van der Waals surface area contributed by atoms with Crippen LogP contribution in [0.1, 0.15) is 25.3 Å². The second-order valence-electron chi connectivity index (χ2n) is 4.16. The minimum atomic E-state index is -0.381. The number of ether oxygens (including phenoxy) is 2. The summed E-state index contributed by atoms with van der Waals surface area (Å²) in [4.78, 5) is 22.8. The molecule has 5 nitrogen and oxygen atoms in total. The van der Waals surface area contributed by atoms with E-state index >= 15 is 0 Å². The third-order valence-corrected chi connectivity index (χ3v) is 2.45. The zero-order valence-corrected chi connectivity index (χ0v) is 11.5. The number of hydrogen-bond acceptors (Lipinski definition) is 4. The highest BCUT2D eigenvalue weighted by atomic mass is 16.5. The van der Waals surface area contributed by atoms with Crippen LogP contribution in [0.15, 0.2) is 18.2 Å². The summed E-state index contributed by atoms with van der Waals surface area (Å²) in [5, 5.41) is 2.66. The van der Waals surface area contributed by atoms with E-state index in [1.54, 1.807) is 12.1 Å². The van der Waals surface area contributed by atoms with Gasteiger partial charge in [-0.25, -0.2) is 0 Å². The van der Waals surface area contributed by atoms with Crippen LogP contribution in [-0.4, -0.2) is 25.6 Å². The maximum Gasteiger partial charge on any atom is 0.306 e. The monoisotopic (exact) mass is 265 g/mol. The van der Waals surface area contributed by atoms with Crippen molar-refractivity contribution in [2.75, 3.05) is 19.0 Å². The zero-order valence-electron chi connectivity index (χ0n) is 11.5. The van der Waals surface area contributed by atoms with Gasteiger partial charge in [0.2, 0.25) is 0 Å². The molecule has 1 rings (SSSR count). The van der Waals surface area contributed by atoms with Gasteiger partial charge in [-0.1, -0.05) is 13.0 Å². The number of esters is 1. The normalized spacial score (nSPS) is 9.84. The van der Waals surface area contributed by atoms with Gasteiger partial charge in [0.05, 0.1) is 12.8 Å². The van der Waals surface area contributed by atoms with E-state index in [9.17, 15) is 9.59 Å². The minimum Gasteiger partial charge on any atom is -0.495 e. The van der Waals surface area contributed by atoms with Crippen molar-refractivity contribution in [1.29, 1.82) is 0 Å². The van der Waals surface area contributed by atoms with Gasteiger partial charge >= 0.3 is 5.97 Å². The lowest BCUT2D eigenvalue weighted by molar-refractivity contribution is -0.147. The molecule has 1 amide bonds. The number of hydrogen-bond donors (Lipinski definition) is 1. The molecule has 0 saturated carbocycles. The summed E-state index contributed by atoms with van der Waals surface area (Å²) in [5.41, 5.74) is 1.57. The molecule has 104 valence electrons. The smallest absolute Gasteiger partial charge is 0.306 e. The van der Waals surface area contributed by atoms with E-state index in [4.69, 9.17) is 9.47 Å². The van der Waals surface area contributed by atoms with E-state index in [0.29, 0.717) is 24.3 Å². The molecular formula is C14H19NO4. The summed E-state index contributed by atoms with van der Waals surface area (Å²) < 4.78 is 9.97. The Bertz CT molecular complexity index is 457. The molecule has 0 aliphatic carbocycles. The van der Waals surface area contributed by atoms with Crippen molar-refractivity contribution >= 4 is 17.6 Å². The third kappa shape index (κ3) is 4.99. The van der Waals surface area contributed by atoms with Crippen molar-refractivity contribution in [2.45, 2.75) is 26.7 Å². The average Bonchev–Trinajstić information content (AvgIpc) is 2.37. The van der Waals surface area contributed by atoms with Crippen LogP contribution in [-0.2, 0) is 14.3 Å². The lowest BCUT2D eigenvalue weighted by Crippen LogP contribution is -2.21. The van der Waals surface area contributed by atoms with E-state index in [-0.39, 0.29) is 18.5 Å². The predicted octanol–water partition coefficient (Wildman–Crippen LogP) is 2.29. The summed E-state index contributed by atoms with van der Waals surface area (Å²) >= 11 is 0. The highest BCUT2D eigenvalue weighted by Crippen LogP contribution is 2.24. The van der Waals surface area contributed by atoms with E-state index in [2.05, 4.69) is 5.32 Å². The van der Waals surface area contributed by atoms with Crippen molar-refractivity contribution in [2.24, 2.45) is 0 Å². The van der Waals surface area contributed by atoms with Gasteiger partial charge in [-0.3, -0.25) is 9.59 Å². The van der Waals surface area contributed by atoms with Crippen LogP contribution in [0.5, 0.6) is 5.75 Å². The highest BCUT2D eigenvalue weighted by Gasteiger charge is 2.10. The fraction of sp³-hybridized carbons (Fsp3) is 0.429. The molecule has 1 aromatic carbocycles. The summed E-state index contributed by atoms with van der Waals surface area (Å²) in [5.74, 6) is -0.180. The van der Waals surface area contributed by atoms with Gasteiger partial charge in [-0.2, -0.15) is 0 Å². The number of benzene rings is 1. The molecule has 0 heterocycles. The zero-order chi connectivity index (χ0) is 14.3. The molecule has 0 saturated heterocycles. The quantitative estimate of drug-likeness (QED) is 0.801.